The topological polar surface area (TPSA) is 27.6 Å². The van der Waals surface area contributed by atoms with E-state index in [1.54, 1.807) is 6.21 Å². The summed E-state index contributed by atoms with van der Waals surface area (Å²) >= 11 is 0. The molecule has 0 radical (unpaired) electrons. The Kier molecular flexibility index (Phi) is 2.65. The molecule has 0 saturated carbocycles. The van der Waals surface area contributed by atoms with Crippen molar-refractivity contribution in [1.82, 2.24) is 10.3 Å². The predicted molar refractivity (Wildman–Crippen MR) is 54.3 cm³/mol. The van der Waals surface area contributed by atoms with Gasteiger partial charge in [-0.1, -0.05) is 6.08 Å². The largest absolute Gasteiger partial charge is 0.357 e. The summed E-state index contributed by atoms with van der Waals surface area (Å²) in [4.78, 5) is 2.36. The van der Waals surface area contributed by atoms with E-state index in [9.17, 15) is 0 Å². The summed E-state index contributed by atoms with van der Waals surface area (Å²) in [6.07, 6.45) is 11.8. The van der Waals surface area contributed by atoms with Gasteiger partial charge in [-0.25, -0.2) is 0 Å². The van der Waals surface area contributed by atoms with Crippen molar-refractivity contribution in [3.63, 3.8) is 0 Å². The van der Waals surface area contributed by atoms with Crippen LogP contribution in [0.15, 0.2) is 29.2 Å². The Morgan fingerprint density at radius 2 is 2.00 bits per heavy atom. The van der Waals surface area contributed by atoms with Gasteiger partial charge in [0.25, 0.3) is 0 Å². The zero-order chi connectivity index (χ0) is 8.93. The summed E-state index contributed by atoms with van der Waals surface area (Å²) in [5.41, 5.74) is 3.05. The molecule has 0 aromatic heterocycles. The van der Waals surface area contributed by atoms with E-state index in [4.69, 9.17) is 0 Å². The number of allylic oxidation sites excluding steroid dienone is 3. The van der Waals surface area contributed by atoms with Gasteiger partial charge >= 0.3 is 0 Å². The minimum Gasteiger partial charge on any atom is -0.357 e. The van der Waals surface area contributed by atoms with E-state index >= 15 is 0 Å². The van der Waals surface area contributed by atoms with Gasteiger partial charge in [0.1, 0.15) is 5.82 Å². The lowest BCUT2D eigenvalue weighted by molar-refractivity contribution is 0.269. The Hall–Kier alpha value is -1.25. The number of likely N-dealkylation sites (tertiary alicyclic amines) is 1. The maximum absolute atomic E-state index is 4.06. The fourth-order valence-corrected chi connectivity index (χ4v) is 1.69. The molecule has 0 aromatic rings. The lowest BCUT2D eigenvalue weighted by atomic mass is 10.1. The van der Waals surface area contributed by atoms with Crippen LogP contribution in [-0.4, -0.2) is 24.2 Å². The van der Waals surface area contributed by atoms with E-state index < -0.39 is 0 Å². The minimum atomic E-state index is 1.13. The number of nitrogens with zero attached hydrogens (tertiary/aromatic N) is 2. The van der Waals surface area contributed by atoms with Crippen molar-refractivity contribution in [3.05, 3.63) is 24.0 Å². The van der Waals surface area contributed by atoms with Crippen LogP contribution in [0.5, 0.6) is 0 Å². The number of nitrogens with one attached hydrogen (secondary N) is 1. The van der Waals surface area contributed by atoms with E-state index in [-0.39, 0.29) is 0 Å². The monoisotopic (exact) mass is 177 g/mol. The Morgan fingerprint density at radius 3 is 2.85 bits per heavy atom. The average molecular weight is 177 g/mol. The molecule has 0 aromatic carbocycles. The quantitative estimate of drug-likeness (QED) is 0.656. The highest BCUT2D eigenvalue weighted by molar-refractivity contribution is 5.71. The fourth-order valence-electron chi connectivity index (χ4n) is 1.69. The van der Waals surface area contributed by atoms with Crippen molar-refractivity contribution >= 4 is 6.21 Å². The summed E-state index contributed by atoms with van der Waals surface area (Å²) in [6.45, 7) is 2.31. The number of hydrogen-bond donors (Lipinski definition) is 1. The maximum Gasteiger partial charge on any atom is 0.122 e. The van der Waals surface area contributed by atoms with Gasteiger partial charge in [0, 0.05) is 19.3 Å². The third kappa shape index (κ3) is 2.11. The molecule has 3 nitrogen and oxygen atoms in total. The molecular formula is C10H15N3. The number of rotatable bonds is 1. The number of hydrogen-bond acceptors (Lipinski definition) is 3. The smallest absolute Gasteiger partial charge is 0.122 e. The van der Waals surface area contributed by atoms with E-state index in [1.807, 2.05) is 12.2 Å². The first-order valence-corrected chi connectivity index (χ1v) is 4.88. The average Bonchev–Trinajstić information content (AvgIpc) is 2.47. The van der Waals surface area contributed by atoms with E-state index in [1.165, 1.54) is 19.3 Å². The van der Waals surface area contributed by atoms with Crippen LogP contribution in [0.25, 0.3) is 0 Å². The van der Waals surface area contributed by atoms with Crippen molar-refractivity contribution < 1.29 is 0 Å². The molecule has 2 aliphatic rings. The third-order valence-corrected chi connectivity index (χ3v) is 2.40. The highest BCUT2D eigenvalue weighted by Gasteiger charge is 2.12. The van der Waals surface area contributed by atoms with Gasteiger partial charge in [-0.3, -0.25) is 5.43 Å². The van der Waals surface area contributed by atoms with E-state index in [2.05, 4.69) is 21.5 Å². The van der Waals surface area contributed by atoms with Gasteiger partial charge in [-0.15, -0.1) is 0 Å². The Morgan fingerprint density at radius 1 is 1.15 bits per heavy atom. The second kappa shape index (κ2) is 4.12. The van der Waals surface area contributed by atoms with Crippen LogP contribution in [0.4, 0.5) is 0 Å². The van der Waals surface area contributed by atoms with Gasteiger partial charge in [-0.05, 0) is 31.4 Å². The Balaban J connectivity index is 2.01. The maximum atomic E-state index is 4.06. The number of piperidine rings is 1. The van der Waals surface area contributed by atoms with Gasteiger partial charge in [0.2, 0.25) is 0 Å². The highest BCUT2D eigenvalue weighted by Crippen LogP contribution is 2.13. The molecule has 13 heavy (non-hydrogen) atoms. The normalized spacial score (nSPS) is 22.2. The molecule has 1 fully saturated rings. The molecule has 70 valence electrons. The molecule has 0 bridgehead atoms. The van der Waals surface area contributed by atoms with Crippen molar-refractivity contribution in [2.45, 2.75) is 19.3 Å². The first kappa shape index (κ1) is 8.35. The molecule has 2 aliphatic heterocycles. The minimum absolute atomic E-state index is 1.13. The Bertz CT molecular complexity index is 247. The van der Waals surface area contributed by atoms with Crippen molar-refractivity contribution in [2.24, 2.45) is 5.10 Å². The second-order valence-corrected chi connectivity index (χ2v) is 3.37. The van der Waals surface area contributed by atoms with Crippen LogP contribution in [0.1, 0.15) is 19.3 Å². The zero-order valence-electron chi connectivity index (χ0n) is 7.74. The molecule has 1 saturated heterocycles. The van der Waals surface area contributed by atoms with Crippen LogP contribution in [0.2, 0.25) is 0 Å². The van der Waals surface area contributed by atoms with Crippen molar-refractivity contribution in [2.75, 3.05) is 13.1 Å². The summed E-state index contributed by atoms with van der Waals surface area (Å²) in [5.74, 6) is 1.13. The predicted octanol–water partition coefficient (Wildman–Crippen LogP) is 1.46. The molecule has 2 rings (SSSR count). The summed E-state index contributed by atoms with van der Waals surface area (Å²) in [7, 11) is 0. The molecule has 0 spiro atoms. The van der Waals surface area contributed by atoms with Gasteiger partial charge in [0.15, 0.2) is 0 Å². The van der Waals surface area contributed by atoms with Crippen LogP contribution in [0.3, 0.4) is 0 Å². The van der Waals surface area contributed by atoms with Crippen LogP contribution < -0.4 is 5.43 Å². The summed E-state index contributed by atoms with van der Waals surface area (Å²) in [5, 5.41) is 4.06. The molecule has 1 N–H and O–H groups in total. The van der Waals surface area contributed by atoms with Crippen molar-refractivity contribution in [3.8, 4) is 0 Å². The molecule has 0 unspecified atom stereocenters. The Labute approximate surface area is 78.8 Å². The van der Waals surface area contributed by atoms with Gasteiger partial charge < -0.3 is 4.90 Å². The van der Waals surface area contributed by atoms with E-state index in [0.717, 1.165) is 18.9 Å². The molecule has 0 aliphatic carbocycles. The first-order chi connectivity index (χ1) is 6.47. The SMILES string of the molecule is C1=CC=C(N2CCCCC2)NN=C1. The summed E-state index contributed by atoms with van der Waals surface area (Å²) in [6, 6.07) is 0. The lowest BCUT2D eigenvalue weighted by Crippen LogP contribution is -2.33. The van der Waals surface area contributed by atoms with Gasteiger partial charge in [-0.2, -0.15) is 5.10 Å². The zero-order valence-corrected chi connectivity index (χ0v) is 7.74. The summed E-state index contributed by atoms with van der Waals surface area (Å²) < 4.78 is 0. The second-order valence-electron chi connectivity index (χ2n) is 3.37. The first-order valence-electron chi connectivity index (χ1n) is 4.88. The molecule has 3 heteroatoms. The van der Waals surface area contributed by atoms with Crippen LogP contribution in [0, 0.1) is 0 Å². The molecule has 0 amide bonds. The van der Waals surface area contributed by atoms with Crippen molar-refractivity contribution in [1.29, 1.82) is 0 Å². The van der Waals surface area contributed by atoms with Crippen LogP contribution >= 0.6 is 0 Å². The molecule has 0 atom stereocenters. The standard InChI is InChI=1S/C10H15N3/c1-4-8-13(9-5-1)10-6-2-3-7-11-12-10/h2-3,6-7,12H,1,4-5,8-9H2. The highest BCUT2D eigenvalue weighted by atomic mass is 15.4. The number of hydrazone groups is 1. The fraction of sp³-hybridized carbons (Fsp3) is 0.500. The molecular weight excluding hydrogens is 162 g/mol. The van der Waals surface area contributed by atoms with Gasteiger partial charge in [0.05, 0.1) is 0 Å². The van der Waals surface area contributed by atoms with E-state index in [0.29, 0.717) is 0 Å². The molecule has 2 heterocycles. The lowest BCUT2D eigenvalue weighted by Gasteiger charge is -2.29. The van der Waals surface area contributed by atoms with Crippen LogP contribution in [-0.2, 0) is 0 Å². The third-order valence-electron chi connectivity index (χ3n) is 2.40.